The van der Waals surface area contributed by atoms with Crippen LogP contribution < -0.4 is 11.1 Å². The summed E-state index contributed by atoms with van der Waals surface area (Å²) in [5.41, 5.74) is 6.11. The van der Waals surface area contributed by atoms with Gasteiger partial charge in [-0.3, -0.25) is 4.79 Å². The first-order valence-electron chi connectivity index (χ1n) is 6.69. The molecule has 1 aromatic heterocycles. The van der Waals surface area contributed by atoms with Crippen molar-refractivity contribution in [1.82, 2.24) is 10.3 Å². The molecule has 2 aliphatic rings. The number of aromatic nitrogens is 1. The first-order chi connectivity index (χ1) is 8.70. The number of rotatable bonds is 3. The molecule has 0 unspecified atom stereocenters. The number of nitrogens with one attached hydrogen (secondary N) is 1. The predicted molar refractivity (Wildman–Crippen MR) is 72.5 cm³/mol. The molecule has 3 rings (SSSR count). The Kier molecular flexibility index (Phi) is 3.01. The van der Waals surface area contributed by atoms with Crippen LogP contribution in [0.2, 0.25) is 0 Å². The van der Waals surface area contributed by atoms with Crippen molar-refractivity contribution in [3.8, 4) is 0 Å². The van der Waals surface area contributed by atoms with E-state index in [-0.39, 0.29) is 5.91 Å². The predicted octanol–water partition coefficient (Wildman–Crippen LogP) is 2.43. The van der Waals surface area contributed by atoms with Gasteiger partial charge in [0.1, 0.15) is 4.88 Å². The molecular formula is C13H19N3OS. The summed E-state index contributed by atoms with van der Waals surface area (Å²) in [4.78, 5) is 16.4. The summed E-state index contributed by atoms with van der Waals surface area (Å²) in [6, 6.07) is 0. The average molecular weight is 265 g/mol. The van der Waals surface area contributed by atoms with Crippen LogP contribution in [-0.4, -0.2) is 17.4 Å². The van der Waals surface area contributed by atoms with Gasteiger partial charge in [-0.25, -0.2) is 4.98 Å². The smallest absolute Gasteiger partial charge is 0.263 e. The normalized spacial score (nSPS) is 25.0. The van der Waals surface area contributed by atoms with Crippen LogP contribution in [0.5, 0.6) is 0 Å². The molecule has 2 saturated carbocycles. The van der Waals surface area contributed by atoms with Crippen LogP contribution in [0.3, 0.4) is 0 Å². The number of nitrogen functional groups attached to an aromatic ring is 1. The molecule has 2 fully saturated rings. The monoisotopic (exact) mass is 265 g/mol. The van der Waals surface area contributed by atoms with Gasteiger partial charge in [0.25, 0.3) is 5.91 Å². The number of nitrogens with two attached hydrogens (primary N) is 1. The maximum Gasteiger partial charge on any atom is 0.263 e. The van der Waals surface area contributed by atoms with E-state index in [4.69, 9.17) is 5.73 Å². The first-order valence-corrected chi connectivity index (χ1v) is 7.51. The lowest BCUT2D eigenvalue weighted by molar-refractivity contribution is 0.0953. The molecule has 98 valence electrons. The van der Waals surface area contributed by atoms with E-state index < -0.39 is 0 Å². The summed E-state index contributed by atoms with van der Waals surface area (Å²) in [6.45, 7) is 0.816. The van der Waals surface area contributed by atoms with E-state index in [2.05, 4.69) is 10.3 Å². The van der Waals surface area contributed by atoms with Crippen molar-refractivity contribution in [2.75, 3.05) is 12.3 Å². The van der Waals surface area contributed by atoms with Crippen molar-refractivity contribution >= 4 is 22.4 Å². The number of anilines is 1. The van der Waals surface area contributed by atoms with E-state index in [1.54, 1.807) is 6.20 Å². The molecule has 2 aliphatic carbocycles. The number of hydrogen-bond acceptors (Lipinski definition) is 4. The van der Waals surface area contributed by atoms with Gasteiger partial charge < -0.3 is 11.1 Å². The zero-order valence-electron chi connectivity index (χ0n) is 10.4. The third-order valence-corrected chi connectivity index (χ3v) is 5.29. The molecule has 0 radical (unpaired) electrons. The standard InChI is InChI=1S/C13H19N3OS/c14-12-16-8-10(18-12)11(17)15-7-9-6-13(9)4-2-1-3-5-13/h8-9H,1-7H2,(H2,14,16)(H,15,17)/t9-/m1/s1. The third kappa shape index (κ3) is 2.23. The van der Waals surface area contributed by atoms with E-state index in [9.17, 15) is 4.79 Å². The molecule has 0 aromatic carbocycles. The van der Waals surface area contributed by atoms with Crippen molar-refractivity contribution in [1.29, 1.82) is 0 Å². The molecular weight excluding hydrogens is 246 g/mol. The number of carbonyl (C=O) groups excluding carboxylic acids is 1. The van der Waals surface area contributed by atoms with Crippen molar-refractivity contribution in [2.24, 2.45) is 11.3 Å². The number of carbonyl (C=O) groups is 1. The van der Waals surface area contributed by atoms with E-state index in [0.717, 1.165) is 6.54 Å². The lowest BCUT2D eigenvalue weighted by Crippen LogP contribution is -2.27. The van der Waals surface area contributed by atoms with Gasteiger partial charge in [-0.05, 0) is 30.6 Å². The van der Waals surface area contributed by atoms with Gasteiger partial charge in [0, 0.05) is 6.54 Å². The van der Waals surface area contributed by atoms with E-state index in [1.165, 1.54) is 49.9 Å². The van der Waals surface area contributed by atoms with Gasteiger partial charge in [0.05, 0.1) is 6.20 Å². The fraction of sp³-hybridized carbons (Fsp3) is 0.692. The van der Waals surface area contributed by atoms with Gasteiger partial charge in [0.15, 0.2) is 5.13 Å². The molecule has 5 heteroatoms. The maximum atomic E-state index is 11.9. The van der Waals surface area contributed by atoms with E-state index >= 15 is 0 Å². The zero-order chi connectivity index (χ0) is 12.6. The van der Waals surface area contributed by atoms with Crippen LogP contribution in [0.15, 0.2) is 6.20 Å². The minimum atomic E-state index is -0.0259. The van der Waals surface area contributed by atoms with Gasteiger partial charge in [-0.2, -0.15) is 0 Å². The fourth-order valence-corrected chi connectivity index (χ4v) is 3.89. The Morgan fingerprint density at radius 2 is 2.28 bits per heavy atom. The summed E-state index contributed by atoms with van der Waals surface area (Å²) in [6.07, 6.45) is 9.71. The van der Waals surface area contributed by atoms with Crippen LogP contribution >= 0.6 is 11.3 Å². The largest absolute Gasteiger partial charge is 0.375 e. The van der Waals surface area contributed by atoms with Crippen molar-refractivity contribution in [3.63, 3.8) is 0 Å². The van der Waals surface area contributed by atoms with Crippen LogP contribution in [0.4, 0.5) is 5.13 Å². The summed E-state index contributed by atoms with van der Waals surface area (Å²) < 4.78 is 0. The highest BCUT2D eigenvalue weighted by atomic mass is 32.1. The van der Waals surface area contributed by atoms with Gasteiger partial charge in [-0.15, -0.1) is 0 Å². The fourth-order valence-electron chi connectivity index (χ4n) is 3.28. The second kappa shape index (κ2) is 4.53. The summed E-state index contributed by atoms with van der Waals surface area (Å²) in [5, 5.41) is 3.48. The van der Waals surface area contributed by atoms with Gasteiger partial charge in [-0.1, -0.05) is 30.6 Å². The Morgan fingerprint density at radius 3 is 2.94 bits per heavy atom. The molecule has 0 bridgehead atoms. The Morgan fingerprint density at radius 1 is 1.50 bits per heavy atom. The molecule has 0 saturated heterocycles. The highest BCUT2D eigenvalue weighted by Gasteiger charge is 2.53. The van der Waals surface area contributed by atoms with Gasteiger partial charge in [0.2, 0.25) is 0 Å². The summed E-state index contributed by atoms with van der Waals surface area (Å²) in [7, 11) is 0. The number of amides is 1. The van der Waals surface area contributed by atoms with Crippen molar-refractivity contribution < 1.29 is 4.79 Å². The molecule has 18 heavy (non-hydrogen) atoms. The highest BCUT2D eigenvalue weighted by Crippen LogP contribution is 2.60. The quantitative estimate of drug-likeness (QED) is 0.882. The number of thiazole rings is 1. The molecule has 0 aliphatic heterocycles. The van der Waals surface area contributed by atoms with Crippen LogP contribution in [0.1, 0.15) is 48.2 Å². The van der Waals surface area contributed by atoms with Crippen LogP contribution in [0, 0.1) is 11.3 Å². The number of hydrogen-bond donors (Lipinski definition) is 2. The zero-order valence-corrected chi connectivity index (χ0v) is 11.3. The Labute approximate surface area is 111 Å². The third-order valence-electron chi connectivity index (χ3n) is 4.46. The minimum absolute atomic E-state index is 0.0259. The summed E-state index contributed by atoms with van der Waals surface area (Å²) >= 11 is 1.25. The average Bonchev–Trinajstić information content (AvgIpc) is 2.83. The van der Waals surface area contributed by atoms with Crippen LogP contribution in [-0.2, 0) is 0 Å². The Balaban J connectivity index is 1.49. The van der Waals surface area contributed by atoms with Crippen molar-refractivity contribution in [3.05, 3.63) is 11.1 Å². The van der Waals surface area contributed by atoms with E-state index in [1.807, 2.05) is 0 Å². The highest BCUT2D eigenvalue weighted by molar-refractivity contribution is 7.17. The number of nitrogens with zero attached hydrogens (tertiary/aromatic N) is 1. The molecule has 1 atom stereocenters. The van der Waals surface area contributed by atoms with Crippen LogP contribution in [0.25, 0.3) is 0 Å². The van der Waals surface area contributed by atoms with Gasteiger partial charge >= 0.3 is 0 Å². The second-order valence-corrected chi connectivity index (χ2v) is 6.66. The molecule has 4 nitrogen and oxygen atoms in total. The molecule has 3 N–H and O–H groups in total. The first kappa shape index (κ1) is 12.0. The maximum absolute atomic E-state index is 11.9. The summed E-state index contributed by atoms with van der Waals surface area (Å²) in [5.74, 6) is 0.675. The topological polar surface area (TPSA) is 68.0 Å². The minimum Gasteiger partial charge on any atom is -0.375 e. The molecule has 1 heterocycles. The SMILES string of the molecule is Nc1ncc(C(=O)NC[C@H]2CC23CCCCC3)s1. The van der Waals surface area contributed by atoms with Crippen molar-refractivity contribution in [2.45, 2.75) is 38.5 Å². The molecule has 1 amide bonds. The molecule has 1 spiro atoms. The van der Waals surface area contributed by atoms with E-state index in [0.29, 0.717) is 21.3 Å². The Bertz CT molecular complexity index is 451. The lowest BCUT2D eigenvalue weighted by Gasteiger charge is -2.22. The molecule has 1 aromatic rings. The Hall–Kier alpha value is -1.10. The second-order valence-electron chi connectivity index (χ2n) is 5.60. The lowest BCUT2D eigenvalue weighted by atomic mass is 9.84.